The molecule has 0 saturated heterocycles. The molecule has 2 aliphatic rings. The third kappa shape index (κ3) is 2.73. The number of rotatable bonds is 4. The summed E-state index contributed by atoms with van der Waals surface area (Å²) in [6.07, 6.45) is 1.81. The molecule has 5 nitrogen and oxygen atoms in total. The van der Waals surface area contributed by atoms with Crippen LogP contribution in [0.1, 0.15) is 36.0 Å². The molecule has 1 aliphatic carbocycles. The molecule has 2 aromatic heterocycles. The van der Waals surface area contributed by atoms with E-state index in [9.17, 15) is 9.50 Å². The molecule has 1 saturated carbocycles. The molecule has 1 aliphatic heterocycles. The number of aromatic nitrogens is 3. The molecule has 0 radical (unpaired) electrons. The number of aryl methyl sites for hydroxylation is 1. The smallest absolute Gasteiger partial charge is 0.123 e. The van der Waals surface area contributed by atoms with Crippen molar-refractivity contribution in [1.82, 2.24) is 19.2 Å². The van der Waals surface area contributed by atoms with Gasteiger partial charge < -0.3 is 9.67 Å². The van der Waals surface area contributed by atoms with E-state index in [1.807, 2.05) is 17.8 Å². The lowest BCUT2D eigenvalue weighted by Crippen LogP contribution is -2.33. The maximum atomic E-state index is 13.5. The summed E-state index contributed by atoms with van der Waals surface area (Å²) in [7, 11) is 2.04. The molecule has 3 aromatic rings. The van der Waals surface area contributed by atoms with Gasteiger partial charge in [-0.15, -0.1) is 0 Å². The highest BCUT2D eigenvalue weighted by Gasteiger charge is 2.33. The topological polar surface area (TPSA) is 46.2 Å². The van der Waals surface area contributed by atoms with E-state index in [1.165, 1.54) is 11.8 Å². The Morgan fingerprint density at radius 1 is 1.23 bits per heavy atom. The van der Waals surface area contributed by atoms with Crippen LogP contribution in [0.5, 0.6) is 0 Å². The van der Waals surface area contributed by atoms with Crippen LogP contribution < -0.4 is 0 Å². The molecular formula is C20H23FN4O. The van der Waals surface area contributed by atoms with Crippen LogP contribution in [0.2, 0.25) is 0 Å². The lowest BCUT2D eigenvalue weighted by atomic mass is 10.1. The summed E-state index contributed by atoms with van der Waals surface area (Å²) in [6.45, 7) is 3.40. The number of hydrogen-bond acceptors (Lipinski definition) is 3. The molecule has 26 heavy (non-hydrogen) atoms. The van der Waals surface area contributed by atoms with Crippen LogP contribution in [0.25, 0.3) is 10.9 Å². The van der Waals surface area contributed by atoms with E-state index in [0.717, 1.165) is 61.3 Å². The summed E-state index contributed by atoms with van der Waals surface area (Å²) in [5.41, 5.74) is 4.22. The van der Waals surface area contributed by atoms with Crippen molar-refractivity contribution in [2.24, 2.45) is 13.0 Å². The van der Waals surface area contributed by atoms with Gasteiger partial charge in [-0.1, -0.05) is 0 Å². The van der Waals surface area contributed by atoms with Crippen LogP contribution in [0.15, 0.2) is 30.3 Å². The largest absolute Gasteiger partial charge is 0.386 e. The summed E-state index contributed by atoms with van der Waals surface area (Å²) in [5, 5.41) is 15.9. The van der Waals surface area contributed by atoms with Crippen LogP contribution in [0.3, 0.4) is 0 Å². The highest BCUT2D eigenvalue weighted by molar-refractivity contribution is 5.81. The predicted octanol–water partition coefficient (Wildman–Crippen LogP) is 2.97. The van der Waals surface area contributed by atoms with Gasteiger partial charge in [0.05, 0.1) is 17.9 Å². The molecular weight excluding hydrogens is 331 g/mol. The zero-order valence-electron chi connectivity index (χ0n) is 14.9. The van der Waals surface area contributed by atoms with Gasteiger partial charge in [0.15, 0.2) is 0 Å². The minimum absolute atomic E-state index is 0.196. The number of benzene rings is 1. The minimum atomic E-state index is -0.408. The lowest BCUT2D eigenvalue weighted by Gasteiger charge is -2.27. The van der Waals surface area contributed by atoms with Gasteiger partial charge in [0, 0.05) is 43.3 Å². The Labute approximate surface area is 151 Å². The SMILES string of the molecule is Cn1c(CN2CCn3nc(C(O)C4CC4)cc3C2)cc2cc(F)ccc21. The Morgan fingerprint density at radius 3 is 2.88 bits per heavy atom. The Morgan fingerprint density at radius 2 is 2.08 bits per heavy atom. The van der Waals surface area contributed by atoms with Crippen molar-refractivity contribution in [2.45, 2.75) is 38.6 Å². The van der Waals surface area contributed by atoms with E-state index in [1.54, 1.807) is 6.07 Å². The predicted molar refractivity (Wildman–Crippen MR) is 96.9 cm³/mol. The molecule has 6 heteroatoms. The second kappa shape index (κ2) is 5.93. The van der Waals surface area contributed by atoms with Gasteiger partial charge in [0.1, 0.15) is 11.9 Å². The second-order valence-electron chi connectivity index (χ2n) is 7.67. The first-order chi connectivity index (χ1) is 12.6. The standard InChI is InChI=1S/C20H23FN4O/c1-23-16(9-14-8-15(21)4-5-19(14)23)11-24-6-7-25-17(12-24)10-18(22-25)20(26)13-2-3-13/h4-5,8-10,13,20,26H,2-3,6-7,11-12H2,1H3. The van der Waals surface area contributed by atoms with Crippen molar-refractivity contribution >= 4 is 10.9 Å². The van der Waals surface area contributed by atoms with E-state index < -0.39 is 6.10 Å². The van der Waals surface area contributed by atoms with Crippen molar-refractivity contribution in [1.29, 1.82) is 0 Å². The molecule has 5 rings (SSSR count). The monoisotopic (exact) mass is 354 g/mol. The molecule has 1 fully saturated rings. The number of fused-ring (bicyclic) bond motifs is 2. The van der Waals surface area contributed by atoms with Crippen LogP contribution in [0.4, 0.5) is 4.39 Å². The molecule has 3 heterocycles. The fraction of sp³-hybridized carbons (Fsp3) is 0.450. The molecule has 136 valence electrons. The van der Waals surface area contributed by atoms with Gasteiger partial charge in [-0.05, 0) is 49.1 Å². The van der Waals surface area contributed by atoms with Crippen molar-refractivity contribution < 1.29 is 9.50 Å². The van der Waals surface area contributed by atoms with E-state index in [2.05, 4.69) is 26.7 Å². The number of hydrogen-bond donors (Lipinski definition) is 1. The summed E-state index contributed by atoms with van der Waals surface area (Å²) in [5.74, 6) is 0.206. The lowest BCUT2D eigenvalue weighted by molar-refractivity contribution is 0.147. The molecule has 0 amide bonds. The van der Waals surface area contributed by atoms with Crippen LogP contribution in [-0.4, -0.2) is 30.9 Å². The molecule has 1 atom stereocenters. The normalized spacial score (nSPS) is 19.0. The second-order valence-corrected chi connectivity index (χ2v) is 7.67. The summed E-state index contributed by atoms with van der Waals surface area (Å²) < 4.78 is 17.7. The van der Waals surface area contributed by atoms with Crippen molar-refractivity contribution in [3.63, 3.8) is 0 Å². The van der Waals surface area contributed by atoms with Crippen LogP contribution in [0, 0.1) is 11.7 Å². The molecule has 1 unspecified atom stereocenters. The Balaban J connectivity index is 1.35. The Bertz CT molecular complexity index is 972. The first-order valence-electron chi connectivity index (χ1n) is 9.29. The van der Waals surface area contributed by atoms with E-state index in [-0.39, 0.29) is 5.82 Å². The molecule has 0 bridgehead atoms. The van der Waals surface area contributed by atoms with Crippen LogP contribution >= 0.6 is 0 Å². The van der Waals surface area contributed by atoms with E-state index in [0.29, 0.717) is 5.92 Å². The first-order valence-corrected chi connectivity index (χ1v) is 9.29. The first kappa shape index (κ1) is 16.0. The van der Waals surface area contributed by atoms with Crippen molar-refractivity contribution in [3.8, 4) is 0 Å². The Hall–Kier alpha value is -2.18. The zero-order valence-corrected chi connectivity index (χ0v) is 14.9. The molecule has 1 aromatic carbocycles. The van der Waals surface area contributed by atoms with Crippen molar-refractivity contribution in [3.05, 3.63) is 53.2 Å². The quantitative estimate of drug-likeness (QED) is 0.784. The van der Waals surface area contributed by atoms with Gasteiger partial charge in [0.25, 0.3) is 0 Å². The number of aliphatic hydroxyl groups is 1. The Kier molecular flexibility index (Phi) is 3.65. The van der Waals surface area contributed by atoms with E-state index >= 15 is 0 Å². The fourth-order valence-electron chi connectivity index (χ4n) is 4.03. The maximum absolute atomic E-state index is 13.5. The summed E-state index contributed by atoms with van der Waals surface area (Å²) in [6, 6.07) is 9.08. The zero-order chi connectivity index (χ0) is 17.8. The molecule has 0 spiro atoms. The summed E-state index contributed by atoms with van der Waals surface area (Å²) in [4.78, 5) is 2.38. The maximum Gasteiger partial charge on any atom is 0.123 e. The van der Waals surface area contributed by atoms with Gasteiger partial charge in [0.2, 0.25) is 0 Å². The van der Waals surface area contributed by atoms with Gasteiger partial charge in [-0.3, -0.25) is 9.58 Å². The number of halogens is 1. The van der Waals surface area contributed by atoms with Gasteiger partial charge >= 0.3 is 0 Å². The third-order valence-corrected chi connectivity index (χ3v) is 5.76. The average molecular weight is 354 g/mol. The number of aliphatic hydroxyl groups excluding tert-OH is 1. The van der Waals surface area contributed by atoms with Crippen LogP contribution in [-0.2, 0) is 26.7 Å². The molecule has 1 N–H and O–H groups in total. The van der Waals surface area contributed by atoms with Crippen molar-refractivity contribution in [2.75, 3.05) is 6.54 Å². The van der Waals surface area contributed by atoms with Gasteiger partial charge in [-0.2, -0.15) is 5.10 Å². The highest BCUT2D eigenvalue weighted by atomic mass is 19.1. The number of nitrogens with zero attached hydrogens (tertiary/aromatic N) is 4. The van der Waals surface area contributed by atoms with E-state index in [4.69, 9.17) is 0 Å². The third-order valence-electron chi connectivity index (χ3n) is 5.76. The highest BCUT2D eigenvalue weighted by Crippen LogP contribution is 2.40. The average Bonchev–Trinajstić information content (AvgIpc) is 3.32. The minimum Gasteiger partial charge on any atom is -0.386 e. The fourth-order valence-corrected chi connectivity index (χ4v) is 4.03. The van der Waals surface area contributed by atoms with Gasteiger partial charge in [-0.25, -0.2) is 4.39 Å². The summed E-state index contributed by atoms with van der Waals surface area (Å²) >= 11 is 0.